The van der Waals surface area contributed by atoms with Crippen molar-refractivity contribution in [2.45, 2.75) is 39.3 Å². The van der Waals surface area contributed by atoms with Gasteiger partial charge in [-0.25, -0.2) is 9.40 Å². The van der Waals surface area contributed by atoms with Crippen molar-refractivity contribution in [3.63, 3.8) is 0 Å². The van der Waals surface area contributed by atoms with E-state index in [0.717, 1.165) is 60.9 Å². The normalized spacial score (nSPS) is 19.4. The SMILES string of the molecule is C=NCN1CCN(C)CC1.C=NN1CN=C(c2c(C)cc(C)cc2O)C=C1C.O=CC1(F)CC1. The second-order valence-corrected chi connectivity index (χ2v) is 8.93. The number of rotatable bonds is 5. The minimum absolute atomic E-state index is 0.273. The van der Waals surface area contributed by atoms with Crippen LogP contribution in [0.4, 0.5) is 4.39 Å². The van der Waals surface area contributed by atoms with Gasteiger partial charge in [-0.3, -0.25) is 19.7 Å². The van der Waals surface area contributed by atoms with Gasteiger partial charge in [-0.1, -0.05) is 6.07 Å². The Morgan fingerprint density at radius 3 is 2.26 bits per heavy atom. The number of aldehydes is 1. The summed E-state index contributed by atoms with van der Waals surface area (Å²) in [5.74, 6) is 0.273. The van der Waals surface area contributed by atoms with Crippen molar-refractivity contribution in [3.8, 4) is 5.75 Å². The maximum absolute atomic E-state index is 11.9. The van der Waals surface area contributed by atoms with Gasteiger partial charge in [0.05, 0.1) is 12.4 Å². The van der Waals surface area contributed by atoms with E-state index in [0.29, 0.717) is 25.8 Å². The molecule has 34 heavy (non-hydrogen) atoms. The monoisotopic (exact) mass is 472 g/mol. The van der Waals surface area contributed by atoms with E-state index >= 15 is 0 Å². The molecule has 0 radical (unpaired) electrons. The van der Waals surface area contributed by atoms with Crippen LogP contribution < -0.4 is 0 Å². The van der Waals surface area contributed by atoms with Crippen LogP contribution in [0.2, 0.25) is 0 Å². The quantitative estimate of drug-likeness (QED) is 0.526. The Labute approximate surface area is 202 Å². The van der Waals surface area contributed by atoms with Gasteiger partial charge in [0.25, 0.3) is 0 Å². The molecular formula is C25H37FN6O2. The van der Waals surface area contributed by atoms with Crippen molar-refractivity contribution in [3.05, 3.63) is 40.6 Å². The van der Waals surface area contributed by atoms with E-state index in [2.05, 4.69) is 45.4 Å². The number of piperazine rings is 1. The lowest BCUT2D eigenvalue weighted by molar-refractivity contribution is -0.113. The second-order valence-electron chi connectivity index (χ2n) is 8.93. The second kappa shape index (κ2) is 12.5. The Morgan fingerprint density at radius 2 is 1.82 bits per heavy atom. The third-order valence-corrected chi connectivity index (χ3v) is 5.85. The fourth-order valence-electron chi connectivity index (χ4n) is 3.53. The minimum Gasteiger partial charge on any atom is -0.507 e. The van der Waals surface area contributed by atoms with Crippen molar-refractivity contribution in [1.82, 2.24) is 14.8 Å². The van der Waals surface area contributed by atoms with Crippen molar-refractivity contribution < 1.29 is 14.3 Å². The zero-order chi connectivity index (χ0) is 25.3. The molecule has 9 heteroatoms. The van der Waals surface area contributed by atoms with Gasteiger partial charge in [0.15, 0.2) is 12.0 Å². The van der Waals surface area contributed by atoms with Crippen LogP contribution >= 0.6 is 0 Å². The number of aliphatic imine (C=N–C) groups is 2. The fourth-order valence-corrected chi connectivity index (χ4v) is 3.53. The largest absolute Gasteiger partial charge is 0.507 e. The summed E-state index contributed by atoms with van der Waals surface area (Å²) in [6, 6.07) is 3.80. The molecule has 1 aromatic carbocycles. The van der Waals surface area contributed by atoms with Crippen LogP contribution in [0.3, 0.4) is 0 Å². The number of phenolic OH excluding ortho intramolecular Hbond substituents is 1. The van der Waals surface area contributed by atoms with Gasteiger partial charge in [0.1, 0.15) is 12.4 Å². The van der Waals surface area contributed by atoms with Gasteiger partial charge < -0.3 is 10.0 Å². The van der Waals surface area contributed by atoms with Gasteiger partial charge >= 0.3 is 0 Å². The molecule has 1 N–H and O–H groups in total. The van der Waals surface area contributed by atoms with Crippen LogP contribution in [0.25, 0.3) is 0 Å². The number of carbonyl (C=O) groups excluding carboxylic acids is 1. The van der Waals surface area contributed by atoms with E-state index in [1.54, 1.807) is 11.1 Å². The van der Waals surface area contributed by atoms with Gasteiger partial charge in [0, 0.05) is 44.2 Å². The number of carbonyl (C=O) groups is 1. The van der Waals surface area contributed by atoms with E-state index < -0.39 is 5.67 Å². The molecule has 0 atom stereocenters. The third-order valence-electron chi connectivity index (χ3n) is 5.85. The van der Waals surface area contributed by atoms with E-state index in [4.69, 9.17) is 0 Å². The summed E-state index contributed by atoms with van der Waals surface area (Å²) in [5, 5.41) is 15.6. The summed E-state index contributed by atoms with van der Waals surface area (Å²) in [6.07, 6.45) is 3.18. The maximum Gasteiger partial charge on any atom is 0.166 e. The smallest absolute Gasteiger partial charge is 0.166 e. The topological polar surface area (TPSA) is 84.1 Å². The Bertz CT molecular complexity index is 910. The van der Waals surface area contributed by atoms with E-state index in [9.17, 15) is 14.3 Å². The molecule has 0 bridgehead atoms. The molecule has 1 saturated carbocycles. The summed E-state index contributed by atoms with van der Waals surface area (Å²) in [4.78, 5) is 22.4. The number of hydrazone groups is 1. The highest BCUT2D eigenvalue weighted by molar-refractivity contribution is 6.12. The lowest BCUT2D eigenvalue weighted by Crippen LogP contribution is -2.44. The van der Waals surface area contributed by atoms with Crippen LogP contribution in [0.15, 0.2) is 39.0 Å². The predicted molar refractivity (Wildman–Crippen MR) is 137 cm³/mol. The molecule has 1 saturated heterocycles. The van der Waals surface area contributed by atoms with Crippen molar-refractivity contribution in [1.29, 1.82) is 0 Å². The van der Waals surface area contributed by atoms with Gasteiger partial charge in [-0.15, -0.1) is 0 Å². The number of aryl methyl sites for hydroxylation is 2. The molecule has 3 aliphatic rings. The molecule has 0 amide bonds. The maximum atomic E-state index is 11.9. The molecule has 0 spiro atoms. The van der Waals surface area contributed by atoms with E-state index in [1.165, 1.54) is 0 Å². The first kappa shape index (κ1) is 27.3. The van der Waals surface area contributed by atoms with E-state index in [1.807, 2.05) is 32.9 Å². The molecule has 0 aromatic heterocycles. The van der Waals surface area contributed by atoms with Crippen molar-refractivity contribution in [2.75, 3.05) is 46.6 Å². The highest BCUT2D eigenvalue weighted by Gasteiger charge is 2.42. The molecule has 1 aromatic rings. The van der Waals surface area contributed by atoms with Gasteiger partial charge in [-0.05, 0) is 70.6 Å². The zero-order valence-corrected chi connectivity index (χ0v) is 20.8. The minimum atomic E-state index is -1.39. The van der Waals surface area contributed by atoms with Crippen LogP contribution in [0.1, 0.15) is 36.5 Å². The number of nitrogens with zero attached hydrogens (tertiary/aromatic N) is 6. The Hall–Kier alpha value is -2.91. The summed E-state index contributed by atoms with van der Waals surface area (Å²) < 4.78 is 11.9. The van der Waals surface area contributed by atoms with Gasteiger partial charge in [-0.2, -0.15) is 5.10 Å². The number of halogens is 1. The Kier molecular flexibility index (Phi) is 10.1. The first-order valence-corrected chi connectivity index (χ1v) is 11.4. The first-order chi connectivity index (χ1) is 16.1. The van der Waals surface area contributed by atoms with Crippen LogP contribution in [0, 0.1) is 13.8 Å². The number of alkyl halides is 1. The summed E-state index contributed by atoms with van der Waals surface area (Å²) >= 11 is 0. The standard InChI is InChI=1S/C14H17N3O.C7H15N3.C4H5FO/c1-9-5-10(2)14(13(18)6-9)12-7-11(3)17(15-4)8-16-12;1-8-7-10-5-3-9(2)4-6-10;5-4(3-6)1-2-4/h5-7,18H,4,8H2,1-3H3;1,3-7H2,2H3;3H,1-2H2. The lowest BCUT2D eigenvalue weighted by Gasteiger charge is -2.30. The molecule has 186 valence electrons. The van der Waals surface area contributed by atoms with Crippen molar-refractivity contribution >= 4 is 25.4 Å². The molecule has 0 unspecified atom stereocenters. The lowest BCUT2D eigenvalue weighted by atomic mass is 9.99. The number of likely N-dealkylation sites (N-methyl/N-ethyl adjacent to an activating group) is 1. The predicted octanol–water partition coefficient (Wildman–Crippen LogP) is 3.17. The summed E-state index contributed by atoms with van der Waals surface area (Å²) in [7, 11) is 2.15. The number of benzene rings is 1. The summed E-state index contributed by atoms with van der Waals surface area (Å²) in [6.45, 7) is 18.7. The molecule has 4 rings (SSSR count). The number of aromatic hydroxyl groups is 1. The average molecular weight is 473 g/mol. The third kappa shape index (κ3) is 8.14. The van der Waals surface area contributed by atoms with E-state index in [-0.39, 0.29) is 5.75 Å². The van der Waals surface area contributed by atoms with Gasteiger partial charge in [0.2, 0.25) is 0 Å². The van der Waals surface area contributed by atoms with Crippen LogP contribution in [-0.2, 0) is 4.79 Å². The van der Waals surface area contributed by atoms with Crippen LogP contribution in [0.5, 0.6) is 5.75 Å². The Morgan fingerprint density at radius 1 is 1.18 bits per heavy atom. The Balaban J connectivity index is 0.000000212. The average Bonchev–Trinajstić information content (AvgIpc) is 3.54. The fraction of sp³-hybridized carbons (Fsp3) is 0.520. The highest BCUT2D eigenvalue weighted by Crippen LogP contribution is 2.36. The number of allylic oxidation sites excluding steroid dienone is 2. The van der Waals surface area contributed by atoms with Crippen molar-refractivity contribution in [2.24, 2.45) is 15.1 Å². The highest BCUT2D eigenvalue weighted by atomic mass is 19.1. The number of phenols is 1. The zero-order valence-electron chi connectivity index (χ0n) is 20.8. The molecule has 1 aliphatic carbocycles. The molecular weight excluding hydrogens is 435 g/mol. The number of hydrogen-bond acceptors (Lipinski definition) is 8. The summed E-state index contributed by atoms with van der Waals surface area (Å²) in [5.41, 5.74) is 3.23. The molecule has 2 fully saturated rings. The first-order valence-electron chi connectivity index (χ1n) is 11.4. The van der Waals surface area contributed by atoms with Crippen LogP contribution in [-0.4, -0.2) is 97.6 Å². The molecule has 8 nitrogen and oxygen atoms in total. The number of hydrogen-bond donors (Lipinski definition) is 1. The molecule has 2 heterocycles. The molecule has 2 aliphatic heterocycles.